The van der Waals surface area contributed by atoms with Crippen LogP contribution in [0.5, 0.6) is 17.2 Å². The third-order valence-corrected chi connectivity index (χ3v) is 5.27. The fraction of sp³-hybridized carbons (Fsp3) is 0.391. The van der Waals surface area contributed by atoms with E-state index in [-0.39, 0.29) is 48.4 Å². The molecule has 3 rings (SSSR count). The molecular weight excluding hydrogens is 423 g/mol. The molecule has 1 amide bonds. The molecule has 2 aromatic rings. The Balaban J connectivity index is 0.00000363. The van der Waals surface area contributed by atoms with Gasteiger partial charge < -0.3 is 29.4 Å². The number of carboxylic acid groups (broad SMARTS) is 1. The Morgan fingerprint density at radius 2 is 1.78 bits per heavy atom. The van der Waals surface area contributed by atoms with Gasteiger partial charge >= 0.3 is 29.6 Å². The van der Waals surface area contributed by atoms with E-state index < -0.39 is 12.0 Å². The standard InChI is InChI=1S/C23H28N2O6.Na/c1-4-31-17-7-5-16(6-8-17)24-22(26)14-25-10-9-15-11-20(29-2)21(30-3)12-18(15)19(25)13-23(27)28;/h5-8,11-12,19H,4,9-10,13-14H2,1-3H3,(H,24,26)(H,27,28);/q;+1/p-1. The number of nitrogens with one attached hydrogen (secondary N) is 1. The second-order valence-electron chi connectivity index (χ2n) is 7.22. The number of hydrogen-bond acceptors (Lipinski definition) is 7. The minimum atomic E-state index is -1.18. The summed E-state index contributed by atoms with van der Waals surface area (Å²) in [6, 6.07) is 10.3. The van der Waals surface area contributed by atoms with E-state index in [2.05, 4.69) is 5.32 Å². The molecule has 1 heterocycles. The molecule has 0 aromatic heterocycles. The molecule has 1 unspecified atom stereocenters. The molecule has 9 heteroatoms. The number of hydrogen-bond donors (Lipinski definition) is 1. The average molecular weight is 450 g/mol. The number of benzene rings is 2. The van der Waals surface area contributed by atoms with Crippen LogP contribution in [0.4, 0.5) is 5.69 Å². The maximum atomic E-state index is 12.7. The van der Waals surface area contributed by atoms with Crippen LogP contribution in [-0.4, -0.2) is 50.7 Å². The molecule has 0 radical (unpaired) electrons. The first kappa shape index (κ1) is 26.0. The molecule has 2 aromatic carbocycles. The van der Waals surface area contributed by atoms with Crippen molar-refractivity contribution >= 4 is 17.6 Å². The van der Waals surface area contributed by atoms with Gasteiger partial charge in [0.1, 0.15) is 5.75 Å². The quantitative estimate of drug-likeness (QED) is 0.479. The zero-order chi connectivity index (χ0) is 22.4. The fourth-order valence-corrected chi connectivity index (χ4v) is 3.85. The molecule has 8 nitrogen and oxygen atoms in total. The van der Waals surface area contributed by atoms with Crippen molar-refractivity contribution in [2.45, 2.75) is 25.8 Å². The number of amides is 1. The van der Waals surface area contributed by atoms with E-state index in [0.717, 1.165) is 16.9 Å². The number of carboxylic acids is 1. The fourth-order valence-electron chi connectivity index (χ4n) is 3.85. The molecular formula is C23H27N2NaO6. The van der Waals surface area contributed by atoms with Crippen LogP contribution in [0.15, 0.2) is 36.4 Å². The second-order valence-corrected chi connectivity index (χ2v) is 7.22. The average Bonchev–Trinajstić information content (AvgIpc) is 2.75. The first-order chi connectivity index (χ1) is 14.9. The van der Waals surface area contributed by atoms with E-state index in [9.17, 15) is 14.7 Å². The van der Waals surface area contributed by atoms with Crippen LogP contribution in [0.25, 0.3) is 0 Å². The zero-order valence-corrected chi connectivity index (χ0v) is 21.0. The summed E-state index contributed by atoms with van der Waals surface area (Å²) in [4.78, 5) is 26.0. The number of nitrogens with zero attached hydrogens (tertiary/aromatic N) is 1. The number of anilines is 1. The Hall–Kier alpha value is -2.26. The Kier molecular flexibility index (Phi) is 9.84. The number of fused-ring (bicyclic) bond motifs is 1. The Bertz CT molecular complexity index is 935. The smallest absolute Gasteiger partial charge is 0.550 e. The number of carbonyl (C=O) groups excluding carboxylic acids is 2. The maximum absolute atomic E-state index is 12.7. The van der Waals surface area contributed by atoms with Crippen molar-refractivity contribution in [2.24, 2.45) is 0 Å². The Labute approximate surface area is 210 Å². The van der Waals surface area contributed by atoms with Gasteiger partial charge in [-0.3, -0.25) is 9.69 Å². The van der Waals surface area contributed by atoms with Gasteiger partial charge in [0.25, 0.3) is 0 Å². The van der Waals surface area contributed by atoms with Crippen molar-refractivity contribution in [2.75, 3.05) is 39.2 Å². The van der Waals surface area contributed by atoms with Crippen molar-refractivity contribution in [1.29, 1.82) is 0 Å². The molecule has 0 fully saturated rings. The monoisotopic (exact) mass is 450 g/mol. The van der Waals surface area contributed by atoms with Gasteiger partial charge in [0.15, 0.2) is 11.5 Å². The van der Waals surface area contributed by atoms with Gasteiger partial charge in [-0.1, -0.05) is 0 Å². The first-order valence-electron chi connectivity index (χ1n) is 10.2. The summed E-state index contributed by atoms with van der Waals surface area (Å²) in [5, 5.41) is 14.3. The third kappa shape index (κ3) is 6.38. The molecule has 0 aliphatic carbocycles. The maximum Gasteiger partial charge on any atom is 1.00 e. The van der Waals surface area contributed by atoms with Gasteiger partial charge in [0.05, 0.1) is 27.4 Å². The second kappa shape index (κ2) is 12.1. The van der Waals surface area contributed by atoms with Crippen LogP contribution in [0.2, 0.25) is 0 Å². The van der Waals surface area contributed by atoms with Crippen LogP contribution in [-0.2, 0) is 16.0 Å². The van der Waals surface area contributed by atoms with Crippen molar-refractivity contribution in [3.8, 4) is 17.2 Å². The van der Waals surface area contributed by atoms with E-state index >= 15 is 0 Å². The van der Waals surface area contributed by atoms with Crippen LogP contribution in [0.3, 0.4) is 0 Å². The molecule has 1 aliphatic rings. The summed E-state index contributed by atoms with van der Waals surface area (Å²) in [5.41, 5.74) is 2.43. The summed E-state index contributed by atoms with van der Waals surface area (Å²) in [6.45, 7) is 3.07. The van der Waals surface area contributed by atoms with E-state index in [1.54, 1.807) is 37.4 Å². The van der Waals surface area contributed by atoms with Gasteiger partial charge in [-0.25, -0.2) is 0 Å². The molecule has 0 saturated carbocycles. The normalized spacial score (nSPS) is 15.2. The molecule has 1 aliphatic heterocycles. The third-order valence-electron chi connectivity index (χ3n) is 5.27. The van der Waals surface area contributed by atoms with E-state index in [4.69, 9.17) is 14.2 Å². The van der Waals surface area contributed by atoms with Crippen molar-refractivity contribution in [3.05, 3.63) is 47.5 Å². The number of methoxy groups -OCH3 is 2. The molecule has 0 spiro atoms. The largest absolute Gasteiger partial charge is 1.00 e. The minimum Gasteiger partial charge on any atom is -0.550 e. The number of aliphatic carboxylic acids is 1. The Morgan fingerprint density at radius 3 is 2.38 bits per heavy atom. The zero-order valence-electron chi connectivity index (χ0n) is 19.0. The molecule has 0 saturated heterocycles. The molecule has 1 N–H and O–H groups in total. The Morgan fingerprint density at radius 1 is 1.12 bits per heavy atom. The summed E-state index contributed by atoms with van der Waals surface area (Å²) >= 11 is 0. The summed E-state index contributed by atoms with van der Waals surface area (Å²) in [5.74, 6) is 0.438. The minimum absolute atomic E-state index is 0. The van der Waals surface area contributed by atoms with Gasteiger partial charge in [-0.15, -0.1) is 0 Å². The predicted octanol–water partition coefficient (Wildman–Crippen LogP) is -1.22. The first-order valence-corrected chi connectivity index (χ1v) is 10.2. The van der Waals surface area contributed by atoms with Gasteiger partial charge in [0, 0.05) is 30.7 Å². The van der Waals surface area contributed by atoms with Crippen LogP contribution >= 0.6 is 0 Å². The van der Waals surface area contributed by atoms with E-state index in [0.29, 0.717) is 36.8 Å². The predicted molar refractivity (Wildman–Crippen MR) is 113 cm³/mol. The van der Waals surface area contributed by atoms with Crippen molar-refractivity contribution < 1.29 is 58.5 Å². The van der Waals surface area contributed by atoms with Gasteiger partial charge in [-0.2, -0.15) is 0 Å². The van der Waals surface area contributed by atoms with Crippen molar-refractivity contribution in [3.63, 3.8) is 0 Å². The van der Waals surface area contributed by atoms with Gasteiger partial charge in [0.2, 0.25) is 5.91 Å². The van der Waals surface area contributed by atoms with E-state index in [1.165, 1.54) is 7.11 Å². The molecule has 1 atom stereocenters. The summed E-state index contributed by atoms with van der Waals surface area (Å²) in [7, 11) is 3.09. The van der Waals surface area contributed by atoms with E-state index in [1.807, 2.05) is 17.9 Å². The van der Waals surface area contributed by atoms with Crippen LogP contribution in [0, 0.1) is 0 Å². The summed E-state index contributed by atoms with van der Waals surface area (Å²) in [6.07, 6.45) is 0.439. The van der Waals surface area contributed by atoms with Crippen LogP contribution in [0.1, 0.15) is 30.5 Å². The molecule has 32 heavy (non-hydrogen) atoms. The SMILES string of the molecule is CCOc1ccc(NC(=O)CN2CCc3cc(OC)c(OC)cc3C2CC(=O)[O-])cc1.[Na+]. The van der Waals surface area contributed by atoms with Crippen molar-refractivity contribution in [1.82, 2.24) is 4.90 Å². The van der Waals surface area contributed by atoms with Gasteiger partial charge in [-0.05, 0) is 60.9 Å². The number of rotatable bonds is 9. The molecule has 166 valence electrons. The topological polar surface area (TPSA) is 100 Å². The molecule has 0 bridgehead atoms. The number of carbonyl (C=O) groups is 2. The summed E-state index contributed by atoms with van der Waals surface area (Å²) < 4.78 is 16.1. The van der Waals surface area contributed by atoms with Crippen LogP contribution < -0.4 is 54.2 Å². The number of ether oxygens (including phenoxy) is 3.